The summed E-state index contributed by atoms with van der Waals surface area (Å²) >= 11 is 6.13. The van der Waals surface area contributed by atoms with Gasteiger partial charge in [-0.2, -0.15) is 5.10 Å². The normalized spacial score (nSPS) is 11.9. The van der Waals surface area contributed by atoms with Crippen LogP contribution in [-0.2, 0) is 14.8 Å². The molecular weight excluding hydrogens is 472 g/mol. The number of rotatable bonds is 8. The minimum absolute atomic E-state index is 0.319. The van der Waals surface area contributed by atoms with E-state index in [-0.39, 0.29) is 6.54 Å². The van der Waals surface area contributed by atoms with Gasteiger partial charge in [-0.1, -0.05) is 43.6 Å². The Labute approximate surface area is 206 Å². The van der Waals surface area contributed by atoms with Gasteiger partial charge in [0.2, 0.25) is 10.0 Å². The molecule has 0 spiro atoms. The van der Waals surface area contributed by atoms with E-state index in [1.807, 2.05) is 60.9 Å². The van der Waals surface area contributed by atoms with Gasteiger partial charge in [0.25, 0.3) is 5.91 Å². The van der Waals surface area contributed by atoms with Crippen molar-refractivity contribution in [1.82, 2.24) is 9.99 Å². The van der Waals surface area contributed by atoms with Gasteiger partial charge < -0.3 is 4.57 Å². The van der Waals surface area contributed by atoms with Crippen molar-refractivity contribution in [3.05, 3.63) is 82.1 Å². The van der Waals surface area contributed by atoms with Gasteiger partial charge in [-0.25, -0.2) is 13.8 Å². The maximum absolute atomic E-state index is 12.5. The molecule has 1 heterocycles. The number of aromatic nitrogens is 1. The number of halogens is 1. The summed E-state index contributed by atoms with van der Waals surface area (Å²) in [6.07, 6.45) is 2.62. The summed E-state index contributed by atoms with van der Waals surface area (Å²) in [5.74, 6) is -0.225. The second-order valence-corrected chi connectivity index (χ2v) is 10.8. The average Bonchev–Trinajstić information content (AvgIpc) is 3.04. The number of amides is 1. The van der Waals surface area contributed by atoms with Crippen LogP contribution in [0.4, 0.5) is 5.69 Å². The van der Waals surface area contributed by atoms with Crippen LogP contribution in [0.2, 0.25) is 5.02 Å². The number of benzene rings is 2. The first-order valence-corrected chi connectivity index (χ1v) is 13.0. The van der Waals surface area contributed by atoms with Crippen LogP contribution in [0, 0.1) is 13.8 Å². The lowest BCUT2D eigenvalue weighted by molar-refractivity contribution is -0.119. The van der Waals surface area contributed by atoms with Crippen LogP contribution < -0.4 is 9.73 Å². The van der Waals surface area contributed by atoms with E-state index < -0.39 is 15.9 Å². The second kappa shape index (κ2) is 10.4. The maximum Gasteiger partial charge on any atom is 0.260 e. The van der Waals surface area contributed by atoms with Crippen molar-refractivity contribution in [3.63, 3.8) is 0 Å². The number of aryl methyl sites for hydroxylation is 1. The molecule has 0 aliphatic rings. The van der Waals surface area contributed by atoms with E-state index in [0.29, 0.717) is 16.6 Å². The molecule has 2 aromatic carbocycles. The lowest BCUT2D eigenvalue weighted by Crippen LogP contribution is -2.39. The molecule has 0 atom stereocenters. The quantitative estimate of drug-likeness (QED) is 0.356. The van der Waals surface area contributed by atoms with Crippen molar-refractivity contribution in [2.45, 2.75) is 33.6 Å². The monoisotopic (exact) mass is 500 g/mol. The second-order valence-electron chi connectivity index (χ2n) is 8.45. The third-order valence-corrected chi connectivity index (χ3v) is 6.84. The summed E-state index contributed by atoms with van der Waals surface area (Å²) in [5.41, 5.74) is 7.61. The van der Waals surface area contributed by atoms with Crippen molar-refractivity contribution < 1.29 is 13.2 Å². The number of hydrogen-bond donors (Lipinski definition) is 1. The SMILES string of the molecule is Cc1cc(/C=N\NC(=O)CN(c2ccc(C(C)C)cc2)S(C)(=O)=O)c(C)n1-c1cccc(Cl)c1. The molecule has 3 aromatic rings. The minimum atomic E-state index is -3.66. The molecular formula is C25H29ClN4O3S. The molecule has 1 N–H and O–H groups in total. The Morgan fingerprint density at radius 1 is 1.15 bits per heavy atom. The summed E-state index contributed by atoms with van der Waals surface area (Å²) in [5, 5.41) is 4.69. The van der Waals surface area contributed by atoms with Gasteiger partial charge in [0.1, 0.15) is 6.54 Å². The van der Waals surface area contributed by atoms with Crippen molar-refractivity contribution >= 4 is 39.4 Å². The van der Waals surface area contributed by atoms with Crippen molar-refractivity contribution in [3.8, 4) is 5.69 Å². The Morgan fingerprint density at radius 3 is 2.41 bits per heavy atom. The summed E-state index contributed by atoms with van der Waals surface area (Å²) < 4.78 is 27.7. The molecule has 1 aromatic heterocycles. The zero-order valence-electron chi connectivity index (χ0n) is 19.9. The molecule has 9 heteroatoms. The van der Waals surface area contributed by atoms with E-state index in [9.17, 15) is 13.2 Å². The lowest BCUT2D eigenvalue weighted by atomic mass is 10.0. The fourth-order valence-electron chi connectivity index (χ4n) is 3.70. The van der Waals surface area contributed by atoms with Gasteiger partial charge in [0, 0.05) is 27.7 Å². The van der Waals surface area contributed by atoms with Gasteiger partial charge in [0.15, 0.2) is 0 Å². The fourth-order valence-corrected chi connectivity index (χ4v) is 4.74. The molecule has 7 nitrogen and oxygen atoms in total. The maximum atomic E-state index is 12.5. The largest absolute Gasteiger partial charge is 0.318 e. The highest BCUT2D eigenvalue weighted by Crippen LogP contribution is 2.23. The van der Waals surface area contributed by atoms with Crippen LogP contribution in [0.3, 0.4) is 0 Å². The van der Waals surface area contributed by atoms with Gasteiger partial charge in [-0.05, 0) is 61.7 Å². The van der Waals surface area contributed by atoms with E-state index >= 15 is 0 Å². The lowest BCUT2D eigenvalue weighted by Gasteiger charge is -2.21. The van der Waals surface area contributed by atoms with Crippen LogP contribution in [0.1, 0.15) is 42.3 Å². The molecule has 0 aliphatic carbocycles. The highest BCUT2D eigenvalue weighted by Gasteiger charge is 2.21. The number of hydrogen-bond acceptors (Lipinski definition) is 4. The number of nitrogens with one attached hydrogen (secondary N) is 1. The van der Waals surface area contributed by atoms with E-state index in [0.717, 1.165) is 38.8 Å². The molecule has 0 saturated carbocycles. The summed E-state index contributed by atoms with van der Waals surface area (Å²) in [7, 11) is -3.66. The summed E-state index contributed by atoms with van der Waals surface area (Å²) in [4.78, 5) is 12.5. The number of nitrogens with zero attached hydrogens (tertiary/aromatic N) is 3. The Morgan fingerprint density at radius 2 is 1.82 bits per heavy atom. The predicted molar refractivity (Wildman–Crippen MR) is 139 cm³/mol. The standard InChI is InChI=1S/C25H29ClN4O3S/c1-17(2)20-9-11-23(12-10-20)29(34(5,32)33)16-25(31)28-27-15-21-13-18(3)30(19(21)4)24-8-6-7-22(26)14-24/h6-15,17H,16H2,1-5H3,(H,28,31)/b27-15-. The molecule has 1 amide bonds. The first kappa shape index (κ1) is 25.5. The smallest absolute Gasteiger partial charge is 0.260 e. The van der Waals surface area contributed by atoms with E-state index in [1.165, 1.54) is 0 Å². The molecule has 0 unspecified atom stereocenters. The molecule has 0 saturated heterocycles. The minimum Gasteiger partial charge on any atom is -0.318 e. The first-order valence-electron chi connectivity index (χ1n) is 10.8. The third kappa shape index (κ3) is 6.07. The first-order chi connectivity index (χ1) is 16.0. The average molecular weight is 501 g/mol. The molecule has 0 bridgehead atoms. The Hall–Kier alpha value is -3.10. The van der Waals surface area contributed by atoms with Crippen LogP contribution in [-0.4, -0.2) is 37.9 Å². The Bertz CT molecular complexity index is 1310. The van der Waals surface area contributed by atoms with Crippen molar-refractivity contribution in [2.75, 3.05) is 17.1 Å². The Kier molecular flexibility index (Phi) is 7.84. The number of sulfonamides is 1. The van der Waals surface area contributed by atoms with Crippen molar-refractivity contribution in [2.24, 2.45) is 5.10 Å². The van der Waals surface area contributed by atoms with Crippen LogP contribution >= 0.6 is 11.6 Å². The van der Waals surface area contributed by atoms with E-state index in [1.54, 1.807) is 18.3 Å². The molecule has 0 aliphatic heterocycles. The molecule has 0 radical (unpaired) electrons. The van der Waals surface area contributed by atoms with Crippen LogP contribution in [0.5, 0.6) is 0 Å². The number of carbonyl (C=O) groups excluding carboxylic acids is 1. The molecule has 180 valence electrons. The van der Waals surface area contributed by atoms with Crippen molar-refractivity contribution in [1.29, 1.82) is 0 Å². The number of hydrazone groups is 1. The van der Waals surface area contributed by atoms with Gasteiger partial charge in [-0.15, -0.1) is 0 Å². The molecule has 3 rings (SSSR count). The van der Waals surface area contributed by atoms with E-state index in [4.69, 9.17) is 11.6 Å². The third-order valence-electron chi connectivity index (χ3n) is 5.46. The molecule has 0 fully saturated rings. The van der Waals surface area contributed by atoms with Gasteiger partial charge >= 0.3 is 0 Å². The fraction of sp³-hybridized carbons (Fsp3) is 0.280. The summed E-state index contributed by atoms with van der Waals surface area (Å²) in [6, 6.07) is 16.6. The highest BCUT2D eigenvalue weighted by molar-refractivity contribution is 7.92. The topological polar surface area (TPSA) is 83.8 Å². The van der Waals surface area contributed by atoms with Crippen LogP contribution in [0.15, 0.2) is 59.7 Å². The van der Waals surface area contributed by atoms with Crippen LogP contribution in [0.25, 0.3) is 5.69 Å². The Balaban J connectivity index is 1.73. The highest BCUT2D eigenvalue weighted by atomic mass is 35.5. The molecule has 34 heavy (non-hydrogen) atoms. The van der Waals surface area contributed by atoms with E-state index in [2.05, 4.69) is 24.4 Å². The predicted octanol–water partition coefficient (Wildman–Crippen LogP) is 4.79. The zero-order valence-corrected chi connectivity index (χ0v) is 21.5. The summed E-state index contributed by atoms with van der Waals surface area (Å²) in [6.45, 7) is 7.66. The number of carbonyl (C=O) groups is 1. The van der Waals surface area contributed by atoms with Gasteiger partial charge in [-0.3, -0.25) is 9.10 Å². The number of anilines is 1. The zero-order chi connectivity index (χ0) is 25.0. The van der Waals surface area contributed by atoms with Gasteiger partial charge in [0.05, 0.1) is 18.2 Å².